The summed E-state index contributed by atoms with van der Waals surface area (Å²) in [7, 11) is 0. The molecule has 0 amide bonds. The van der Waals surface area contributed by atoms with Crippen LogP contribution in [0.5, 0.6) is 0 Å². The fraction of sp³-hybridized carbons (Fsp3) is 1.00. The highest BCUT2D eigenvalue weighted by Crippen LogP contribution is 2.22. The first kappa shape index (κ1) is 12.4. The lowest BCUT2D eigenvalue weighted by molar-refractivity contribution is 0.209. The number of nitrogens with one attached hydrogen (secondary N) is 1. The first-order valence-electron chi connectivity index (χ1n) is 7.27. The predicted octanol–water partition coefficient (Wildman–Crippen LogP) is 2.64. The van der Waals surface area contributed by atoms with Crippen LogP contribution in [-0.2, 0) is 0 Å². The predicted molar refractivity (Wildman–Crippen MR) is 69.7 cm³/mol. The van der Waals surface area contributed by atoms with E-state index in [1.54, 1.807) is 0 Å². The first-order chi connectivity index (χ1) is 7.79. The van der Waals surface area contributed by atoms with Gasteiger partial charge in [0, 0.05) is 18.6 Å². The van der Waals surface area contributed by atoms with Gasteiger partial charge >= 0.3 is 0 Å². The summed E-state index contributed by atoms with van der Waals surface area (Å²) in [6.45, 7) is 8.58. The molecule has 0 bridgehead atoms. The van der Waals surface area contributed by atoms with E-state index in [2.05, 4.69) is 24.1 Å². The van der Waals surface area contributed by atoms with Crippen molar-refractivity contribution >= 4 is 0 Å². The van der Waals surface area contributed by atoms with Gasteiger partial charge in [-0.25, -0.2) is 0 Å². The van der Waals surface area contributed by atoms with Gasteiger partial charge < -0.3 is 5.32 Å². The molecule has 0 aromatic heterocycles. The summed E-state index contributed by atoms with van der Waals surface area (Å²) in [5.74, 6) is 0.994. The molecule has 2 heteroatoms. The summed E-state index contributed by atoms with van der Waals surface area (Å²) in [4.78, 5) is 2.70. The highest BCUT2D eigenvalue weighted by atomic mass is 15.2. The second-order valence-electron chi connectivity index (χ2n) is 5.77. The molecular formula is C14H28N2. The van der Waals surface area contributed by atoms with Crippen molar-refractivity contribution in [2.45, 2.75) is 64.5 Å². The molecule has 1 saturated carbocycles. The molecule has 1 aliphatic heterocycles. The molecule has 1 N–H and O–H groups in total. The van der Waals surface area contributed by atoms with Crippen molar-refractivity contribution in [2.24, 2.45) is 5.92 Å². The third-order valence-corrected chi connectivity index (χ3v) is 4.36. The summed E-state index contributed by atoms with van der Waals surface area (Å²) in [5, 5.41) is 3.66. The van der Waals surface area contributed by atoms with Gasteiger partial charge in [-0.05, 0) is 58.0 Å². The Morgan fingerprint density at radius 1 is 1.19 bits per heavy atom. The van der Waals surface area contributed by atoms with Crippen molar-refractivity contribution in [3.05, 3.63) is 0 Å². The van der Waals surface area contributed by atoms with Crippen molar-refractivity contribution < 1.29 is 0 Å². The van der Waals surface area contributed by atoms with Crippen LogP contribution in [0.4, 0.5) is 0 Å². The highest BCUT2D eigenvalue weighted by molar-refractivity contribution is 4.83. The normalized spacial score (nSPS) is 30.0. The van der Waals surface area contributed by atoms with Gasteiger partial charge in [0.1, 0.15) is 0 Å². The van der Waals surface area contributed by atoms with Crippen LogP contribution in [0.25, 0.3) is 0 Å². The maximum absolute atomic E-state index is 3.66. The SMILES string of the molecule is CCC1CCCN(C(C)CNC2CC2)CC1. The van der Waals surface area contributed by atoms with Gasteiger partial charge in [-0.2, -0.15) is 0 Å². The Bertz CT molecular complexity index is 201. The summed E-state index contributed by atoms with van der Waals surface area (Å²) in [6.07, 6.45) is 8.48. The van der Waals surface area contributed by atoms with Gasteiger partial charge in [-0.15, -0.1) is 0 Å². The molecule has 2 atom stereocenters. The van der Waals surface area contributed by atoms with Crippen LogP contribution in [0.15, 0.2) is 0 Å². The topological polar surface area (TPSA) is 15.3 Å². The number of hydrogen-bond acceptors (Lipinski definition) is 2. The molecule has 0 aromatic carbocycles. The summed E-state index contributed by atoms with van der Waals surface area (Å²) in [5.41, 5.74) is 0. The summed E-state index contributed by atoms with van der Waals surface area (Å²) < 4.78 is 0. The van der Waals surface area contributed by atoms with Crippen molar-refractivity contribution in [1.82, 2.24) is 10.2 Å². The number of rotatable bonds is 5. The molecule has 1 aliphatic carbocycles. The Morgan fingerprint density at radius 2 is 2.00 bits per heavy atom. The smallest absolute Gasteiger partial charge is 0.0192 e. The summed E-state index contributed by atoms with van der Waals surface area (Å²) in [6, 6.07) is 1.59. The Labute approximate surface area is 101 Å². The molecule has 2 aliphatic rings. The lowest BCUT2D eigenvalue weighted by atomic mass is 9.98. The van der Waals surface area contributed by atoms with E-state index in [1.165, 1.54) is 58.2 Å². The molecule has 2 fully saturated rings. The van der Waals surface area contributed by atoms with Crippen molar-refractivity contribution in [3.8, 4) is 0 Å². The van der Waals surface area contributed by atoms with E-state index >= 15 is 0 Å². The Morgan fingerprint density at radius 3 is 2.69 bits per heavy atom. The fourth-order valence-electron chi connectivity index (χ4n) is 2.79. The van der Waals surface area contributed by atoms with Gasteiger partial charge in [-0.3, -0.25) is 4.90 Å². The minimum Gasteiger partial charge on any atom is -0.312 e. The number of nitrogens with zero attached hydrogens (tertiary/aromatic N) is 1. The van der Waals surface area contributed by atoms with Crippen molar-refractivity contribution in [1.29, 1.82) is 0 Å². The fourth-order valence-corrected chi connectivity index (χ4v) is 2.79. The van der Waals surface area contributed by atoms with E-state index in [0.29, 0.717) is 0 Å². The Balaban J connectivity index is 1.70. The van der Waals surface area contributed by atoms with Crippen molar-refractivity contribution in [2.75, 3.05) is 19.6 Å². The zero-order valence-corrected chi connectivity index (χ0v) is 11.0. The largest absolute Gasteiger partial charge is 0.312 e. The standard InChI is InChI=1S/C14H28N2/c1-3-13-5-4-9-16(10-8-13)12(2)11-15-14-6-7-14/h12-15H,3-11H2,1-2H3. The third-order valence-electron chi connectivity index (χ3n) is 4.36. The lowest BCUT2D eigenvalue weighted by Gasteiger charge is -2.28. The summed E-state index contributed by atoms with van der Waals surface area (Å²) >= 11 is 0. The third kappa shape index (κ3) is 3.74. The molecule has 0 radical (unpaired) electrons. The van der Waals surface area contributed by atoms with Gasteiger partial charge in [0.25, 0.3) is 0 Å². The first-order valence-corrected chi connectivity index (χ1v) is 7.27. The maximum atomic E-state index is 3.66. The van der Waals surface area contributed by atoms with E-state index in [-0.39, 0.29) is 0 Å². The average molecular weight is 224 g/mol. The molecule has 0 aromatic rings. The number of hydrogen-bond donors (Lipinski definition) is 1. The molecule has 1 heterocycles. The van der Waals surface area contributed by atoms with Crippen LogP contribution >= 0.6 is 0 Å². The van der Waals surface area contributed by atoms with Crippen LogP contribution in [0.1, 0.15) is 52.4 Å². The van der Waals surface area contributed by atoms with E-state index in [1.807, 2.05) is 0 Å². The molecule has 94 valence electrons. The van der Waals surface area contributed by atoms with Crippen LogP contribution in [0.2, 0.25) is 0 Å². The minimum absolute atomic E-state index is 0.733. The van der Waals surface area contributed by atoms with Gasteiger partial charge in [-0.1, -0.05) is 13.3 Å². The van der Waals surface area contributed by atoms with Gasteiger partial charge in [0.2, 0.25) is 0 Å². The number of likely N-dealkylation sites (tertiary alicyclic amines) is 1. The average Bonchev–Trinajstić information content (AvgIpc) is 3.12. The lowest BCUT2D eigenvalue weighted by Crippen LogP contribution is -2.41. The monoisotopic (exact) mass is 224 g/mol. The molecule has 0 spiro atoms. The van der Waals surface area contributed by atoms with Crippen LogP contribution in [0, 0.1) is 5.92 Å². The van der Waals surface area contributed by atoms with Crippen LogP contribution < -0.4 is 5.32 Å². The zero-order chi connectivity index (χ0) is 11.4. The van der Waals surface area contributed by atoms with Crippen LogP contribution in [-0.4, -0.2) is 36.6 Å². The Kier molecular flexibility index (Phi) is 4.66. The molecule has 2 unspecified atom stereocenters. The van der Waals surface area contributed by atoms with E-state index in [4.69, 9.17) is 0 Å². The molecule has 16 heavy (non-hydrogen) atoms. The van der Waals surface area contributed by atoms with Crippen molar-refractivity contribution in [3.63, 3.8) is 0 Å². The van der Waals surface area contributed by atoms with Crippen LogP contribution in [0.3, 0.4) is 0 Å². The quantitative estimate of drug-likeness (QED) is 0.772. The highest BCUT2D eigenvalue weighted by Gasteiger charge is 2.23. The zero-order valence-electron chi connectivity index (χ0n) is 11.0. The molecular weight excluding hydrogens is 196 g/mol. The second-order valence-corrected chi connectivity index (χ2v) is 5.77. The molecule has 1 saturated heterocycles. The molecule has 2 rings (SSSR count). The molecule has 2 nitrogen and oxygen atoms in total. The van der Waals surface area contributed by atoms with Gasteiger partial charge in [0.05, 0.1) is 0 Å². The minimum atomic E-state index is 0.733. The van der Waals surface area contributed by atoms with Gasteiger partial charge in [0.15, 0.2) is 0 Å². The maximum Gasteiger partial charge on any atom is 0.0192 e. The Hall–Kier alpha value is -0.0800. The van der Waals surface area contributed by atoms with E-state index < -0.39 is 0 Å². The van der Waals surface area contributed by atoms with E-state index in [9.17, 15) is 0 Å². The second kappa shape index (κ2) is 6.02. The van der Waals surface area contributed by atoms with E-state index in [0.717, 1.165) is 18.0 Å².